The van der Waals surface area contributed by atoms with Gasteiger partial charge in [0.2, 0.25) is 5.91 Å². The second-order valence-corrected chi connectivity index (χ2v) is 6.71. The van der Waals surface area contributed by atoms with Crippen molar-refractivity contribution in [3.63, 3.8) is 0 Å². The number of hydrogen-bond donors (Lipinski definition) is 3. The average molecular weight is 365 g/mol. The lowest BCUT2D eigenvalue weighted by Crippen LogP contribution is -2.36. The van der Waals surface area contributed by atoms with Crippen molar-refractivity contribution in [2.24, 2.45) is 0 Å². The zero-order valence-corrected chi connectivity index (χ0v) is 14.5. The summed E-state index contributed by atoms with van der Waals surface area (Å²) in [5.74, 6) is -0.295. The number of fused-ring (bicyclic) bond motifs is 2. The standard InChI is InChI=1S/C20H19N3O4/c24-16-11-12-5-1-2-6-13(12)18(16)21-17(25)9-10-23-20(27)15-8-4-3-7-14(15)19(26)22-23/h1-8,16,18,24H,9-11H2,(H,21,25)(H,22,26). The number of aliphatic hydroxyl groups is 1. The van der Waals surface area contributed by atoms with Crippen molar-refractivity contribution in [3.8, 4) is 0 Å². The summed E-state index contributed by atoms with van der Waals surface area (Å²) in [6.45, 7) is 0.0508. The summed E-state index contributed by atoms with van der Waals surface area (Å²) in [6, 6.07) is 13.7. The largest absolute Gasteiger partial charge is 0.390 e. The number of rotatable bonds is 4. The van der Waals surface area contributed by atoms with Gasteiger partial charge in [-0.25, -0.2) is 4.68 Å². The van der Waals surface area contributed by atoms with Crippen LogP contribution < -0.4 is 16.4 Å². The lowest BCUT2D eigenvalue weighted by molar-refractivity contribution is -0.122. The van der Waals surface area contributed by atoms with E-state index in [1.165, 1.54) is 0 Å². The van der Waals surface area contributed by atoms with E-state index in [0.717, 1.165) is 15.8 Å². The number of aromatic amines is 1. The van der Waals surface area contributed by atoms with E-state index in [1.807, 2.05) is 24.3 Å². The van der Waals surface area contributed by atoms with Crippen molar-refractivity contribution in [2.45, 2.75) is 31.5 Å². The van der Waals surface area contributed by atoms with Crippen LogP contribution in [-0.4, -0.2) is 26.9 Å². The Balaban J connectivity index is 1.49. The van der Waals surface area contributed by atoms with Gasteiger partial charge in [-0.1, -0.05) is 36.4 Å². The van der Waals surface area contributed by atoms with Gasteiger partial charge in [-0.2, -0.15) is 0 Å². The van der Waals surface area contributed by atoms with Gasteiger partial charge in [0.1, 0.15) is 0 Å². The highest BCUT2D eigenvalue weighted by Gasteiger charge is 2.31. The third-order valence-electron chi connectivity index (χ3n) is 4.97. The molecular weight excluding hydrogens is 346 g/mol. The van der Waals surface area contributed by atoms with Crippen LogP contribution in [0.3, 0.4) is 0 Å². The van der Waals surface area contributed by atoms with Gasteiger partial charge in [-0.05, 0) is 23.3 Å². The van der Waals surface area contributed by atoms with E-state index in [2.05, 4.69) is 10.4 Å². The molecule has 1 aliphatic rings. The lowest BCUT2D eigenvalue weighted by atomic mass is 10.1. The fourth-order valence-electron chi connectivity index (χ4n) is 3.61. The number of nitrogens with one attached hydrogen (secondary N) is 2. The molecule has 0 spiro atoms. The van der Waals surface area contributed by atoms with Gasteiger partial charge in [-0.15, -0.1) is 0 Å². The predicted molar refractivity (Wildman–Crippen MR) is 100 cm³/mol. The van der Waals surface area contributed by atoms with Crippen LogP contribution in [0.4, 0.5) is 0 Å². The zero-order chi connectivity index (χ0) is 19.0. The Morgan fingerprint density at radius 1 is 1.11 bits per heavy atom. The maximum absolute atomic E-state index is 12.5. The van der Waals surface area contributed by atoms with Crippen LogP contribution in [0.2, 0.25) is 0 Å². The average Bonchev–Trinajstić information content (AvgIpc) is 2.99. The summed E-state index contributed by atoms with van der Waals surface area (Å²) in [6.07, 6.45) is -0.160. The quantitative estimate of drug-likeness (QED) is 0.638. The van der Waals surface area contributed by atoms with Crippen molar-refractivity contribution in [3.05, 3.63) is 80.4 Å². The molecule has 1 heterocycles. The second-order valence-electron chi connectivity index (χ2n) is 6.71. The molecule has 2 aromatic carbocycles. The Labute approximate surface area is 154 Å². The number of carbonyl (C=O) groups excluding carboxylic acids is 1. The highest BCUT2D eigenvalue weighted by molar-refractivity contribution is 5.80. The van der Waals surface area contributed by atoms with Gasteiger partial charge in [0, 0.05) is 12.8 Å². The molecule has 7 heteroatoms. The Morgan fingerprint density at radius 2 is 1.81 bits per heavy atom. The number of H-pyrrole nitrogens is 1. The minimum atomic E-state index is -0.672. The number of carbonyl (C=O) groups is 1. The summed E-state index contributed by atoms with van der Waals surface area (Å²) in [4.78, 5) is 36.9. The van der Waals surface area contributed by atoms with E-state index < -0.39 is 12.1 Å². The highest BCUT2D eigenvalue weighted by atomic mass is 16.3. The Morgan fingerprint density at radius 3 is 2.63 bits per heavy atom. The number of aromatic nitrogens is 2. The zero-order valence-electron chi connectivity index (χ0n) is 14.5. The normalized spacial score (nSPS) is 18.4. The molecule has 0 fully saturated rings. The maximum Gasteiger partial charge on any atom is 0.273 e. The van der Waals surface area contributed by atoms with Crippen LogP contribution in [0.5, 0.6) is 0 Å². The van der Waals surface area contributed by atoms with Gasteiger partial charge in [-0.3, -0.25) is 19.5 Å². The summed E-state index contributed by atoms with van der Waals surface area (Å²) >= 11 is 0. The van der Waals surface area contributed by atoms with Crippen LogP contribution in [0.1, 0.15) is 23.6 Å². The highest BCUT2D eigenvalue weighted by Crippen LogP contribution is 2.31. The van der Waals surface area contributed by atoms with Gasteiger partial charge in [0.15, 0.2) is 0 Å². The van der Waals surface area contributed by atoms with Crippen LogP contribution in [-0.2, 0) is 17.8 Å². The number of aryl methyl sites for hydroxylation is 1. The maximum atomic E-state index is 12.5. The Hall–Kier alpha value is -3.19. The molecule has 0 saturated heterocycles. The van der Waals surface area contributed by atoms with Crippen LogP contribution in [0.25, 0.3) is 10.8 Å². The van der Waals surface area contributed by atoms with Crippen LogP contribution in [0.15, 0.2) is 58.1 Å². The first-order valence-electron chi connectivity index (χ1n) is 8.81. The van der Waals surface area contributed by atoms with Crippen molar-refractivity contribution >= 4 is 16.7 Å². The molecule has 0 radical (unpaired) electrons. The van der Waals surface area contributed by atoms with Gasteiger partial charge in [0.05, 0.1) is 29.5 Å². The van der Waals surface area contributed by atoms with E-state index in [4.69, 9.17) is 0 Å². The fraction of sp³-hybridized carbons (Fsp3) is 0.250. The molecular formula is C20H19N3O4. The lowest BCUT2D eigenvalue weighted by Gasteiger charge is -2.18. The number of hydrogen-bond acceptors (Lipinski definition) is 4. The molecule has 3 N–H and O–H groups in total. The monoisotopic (exact) mass is 365 g/mol. The molecule has 27 heavy (non-hydrogen) atoms. The minimum Gasteiger partial charge on any atom is -0.390 e. The van der Waals surface area contributed by atoms with Crippen molar-refractivity contribution in [2.75, 3.05) is 0 Å². The fourth-order valence-corrected chi connectivity index (χ4v) is 3.61. The first-order valence-corrected chi connectivity index (χ1v) is 8.81. The van der Waals surface area contributed by atoms with Crippen molar-refractivity contribution in [1.29, 1.82) is 0 Å². The predicted octanol–water partition coefficient (Wildman–Crippen LogP) is 0.854. The summed E-state index contributed by atoms with van der Waals surface area (Å²) in [5.41, 5.74) is 1.22. The second kappa shape index (κ2) is 6.85. The number of nitrogens with zero attached hydrogens (tertiary/aromatic N) is 1. The minimum absolute atomic E-state index is 0.0135. The van der Waals surface area contributed by atoms with Crippen molar-refractivity contribution in [1.82, 2.24) is 15.1 Å². The molecule has 4 rings (SSSR count). The third-order valence-corrected chi connectivity index (χ3v) is 4.97. The van der Waals surface area contributed by atoms with E-state index >= 15 is 0 Å². The SMILES string of the molecule is O=C(CCn1[nH]c(=O)c2ccccc2c1=O)NC1c2ccccc2CC1O. The molecule has 1 aliphatic carbocycles. The smallest absolute Gasteiger partial charge is 0.273 e. The topological polar surface area (TPSA) is 104 Å². The van der Waals surface area contributed by atoms with E-state index in [-0.39, 0.29) is 30.0 Å². The molecule has 3 aromatic rings. The molecule has 2 unspecified atom stereocenters. The molecule has 0 saturated carbocycles. The number of aliphatic hydroxyl groups excluding tert-OH is 1. The van der Waals surface area contributed by atoms with E-state index in [9.17, 15) is 19.5 Å². The Bertz CT molecular complexity index is 1130. The van der Waals surface area contributed by atoms with E-state index in [0.29, 0.717) is 17.2 Å². The molecule has 7 nitrogen and oxygen atoms in total. The molecule has 2 atom stereocenters. The van der Waals surface area contributed by atoms with Gasteiger partial charge >= 0.3 is 0 Å². The summed E-state index contributed by atoms with van der Waals surface area (Å²) in [5, 5.41) is 16.2. The summed E-state index contributed by atoms with van der Waals surface area (Å²) in [7, 11) is 0. The van der Waals surface area contributed by atoms with Crippen LogP contribution in [0, 0.1) is 0 Å². The van der Waals surface area contributed by atoms with Crippen LogP contribution >= 0.6 is 0 Å². The first kappa shape index (κ1) is 17.2. The first-order chi connectivity index (χ1) is 13.0. The molecule has 1 amide bonds. The molecule has 0 aliphatic heterocycles. The Kier molecular flexibility index (Phi) is 4.37. The number of benzene rings is 2. The third kappa shape index (κ3) is 3.17. The molecule has 1 aromatic heterocycles. The van der Waals surface area contributed by atoms with E-state index in [1.54, 1.807) is 24.3 Å². The van der Waals surface area contributed by atoms with Gasteiger partial charge < -0.3 is 10.4 Å². The van der Waals surface area contributed by atoms with Gasteiger partial charge in [0.25, 0.3) is 11.1 Å². The summed E-state index contributed by atoms with van der Waals surface area (Å²) < 4.78 is 1.16. The molecule has 138 valence electrons. The number of amides is 1. The molecule has 0 bridgehead atoms. The van der Waals surface area contributed by atoms with Crippen molar-refractivity contribution < 1.29 is 9.90 Å².